The topological polar surface area (TPSA) is 55.6 Å². The van der Waals surface area contributed by atoms with Crippen molar-refractivity contribution in [3.63, 3.8) is 0 Å². The zero-order chi connectivity index (χ0) is 14.8. The molecule has 3 unspecified atom stereocenters. The predicted octanol–water partition coefficient (Wildman–Crippen LogP) is 2.59. The van der Waals surface area contributed by atoms with Crippen molar-refractivity contribution in [1.82, 2.24) is 4.90 Å². The lowest BCUT2D eigenvalue weighted by molar-refractivity contribution is -0.186. The van der Waals surface area contributed by atoms with E-state index in [1.54, 1.807) is 0 Å². The number of amides is 1. The summed E-state index contributed by atoms with van der Waals surface area (Å²) in [6.07, 6.45) is 7.62. The molecule has 0 aromatic rings. The van der Waals surface area contributed by atoms with Gasteiger partial charge in [0.25, 0.3) is 0 Å². The van der Waals surface area contributed by atoms with E-state index in [4.69, 9.17) is 10.5 Å². The van der Waals surface area contributed by atoms with Gasteiger partial charge in [-0.25, -0.2) is 0 Å². The maximum Gasteiger partial charge on any atom is 0.226 e. The van der Waals surface area contributed by atoms with Crippen LogP contribution in [0.2, 0.25) is 0 Å². The van der Waals surface area contributed by atoms with E-state index in [9.17, 15) is 4.79 Å². The highest BCUT2D eigenvalue weighted by molar-refractivity contribution is 5.85. The van der Waals surface area contributed by atoms with E-state index in [2.05, 4.69) is 6.92 Å². The van der Waals surface area contributed by atoms with Crippen LogP contribution in [0, 0.1) is 11.3 Å². The van der Waals surface area contributed by atoms with Gasteiger partial charge in [0.1, 0.15) is 0 Å². The van der Waals surface area contributed by atoms with Crippen molar-refractivity contribution in [3.8, 4) is 0 Å². The summed E-state index contributed by atoms with van der Waals surface area (Å²) in [4.78, 5) is 14.4. The van der Waals surface area contributed by atoms with E-state index >= 15 is 0 Å². The van der Waals surface area contributed by atoms with Crippen molar-refractivity contribution in [3.05, 3.63) is 0 Å². The van der Waals surface area contributed by atoms with Crippen LogP contribution < -0.4 is 5.73 Å². The molecule has 0 aromatic heterocycles. The molecule has 5 heteroatoms. The monoisotopic (exact) mass is 318 g/mol. The second-order valence-electron chi connectivity index (χ2n) is 6.58. The van der Waals surface area contributed by atoms with Crippen LogP contribution in [0.25, 0.3) is 0 Å². The van der Waals surface area contributed by atoms with Crippen LogP contribution in [0.15, 0.2) is 0 Å². The van der Waals surface area contributed by atoms with Crippen molar-refractivity contribution in [2.75, 3.05) is 20.2 Å². The van der Waals surface area contributed by atoms with Gasteiger partial charge in [0.15, 0.2) is 0 Å². The molecule has 2 fully saturated rings. The molecule has 0 saturated heterocycles. The third-order valence-corrected chi connectivity index (χ3v) is 5.48. The first-order valence-electron chi connectivity index (χ1n) is 8.15. The maximum atomic E-state index is 12.4. The van der Waals surface area contributed by atoms with Gasteiger partial charge in [-0.15, -0.1) is 12.4 Å². The number of ether oxygens (including phenoxy) is 1. The highest BCUT2D eigenvalue weighted by Crippen LogP contribution is 2.55. The van der Waals surface area contributed by atoms with Crippen molar-refractivity contribution >= 4 is 18.3 Å². The smallest absolute Gasteiger partial charge is 0.226 e. The lowest BCUT2D eigenvalue weighted by atomic mass is 9.54. The second kappa shape index (κ2) is 7.80. The first-order valence-corrected chi connectivity index (χ1v) is 8.15. The number of carbonyl (C=O) groups excluding carboxylic acids is 1. The normalized spacial score (nSPS) is 28.4. The summed E-state index contributed by atoms with van der Waals surface area (Å²) >= 11 is 0. The molecule has 4 nitrogen and oxygen atoms in total. The Labute approximate surface area is 135 Å². The Morgan fingerprint density at radius 2 is 2.00 bits per heavy atom. The summed E-state index contributed by atoms with van der Waals surface area (Å²) in [5.74, 6) is 0.115. The molecule has 21 heavy (non-hydrogen) atoms. The molecule has 0 radical (unpaired) electrons. The van der Waals surface area contributed by atoms with E-state index in [1.165, 1.54) is 32.1 Å². The summed E-state index contributed by atoms with van der Waals surface area (Å²) in [5.41, 5.74) is 5.86. The number of halogens is 1. The Morgan fingerprint density at radius 3 is 2.52 bits per heavy atom. The molecule has 2 saturated carbocycles. The number of rotatable bonds is 5. The average Bonchev–Trinajstić information content (AvgIpc) is 2.49. The molecule has 124 valence electrons. The molecule has 0 aliphatic heterocycles. The summed E-state index contributed by atoms with van der Waals surface area (Å²) < 4.78 is 5.96. The lowest BCUT2D eigenvalue weighted by Crippen LogP contribution is -2.66. The van der Waals surface area contributed by atoms with Crippen LogP contribution in [0.3, 0.4) is 0 Å². The number of carbonyl (C=O) groups is 1. The van der Waals surface area contributed by atoms with Crippen molar-refractivity contribution in [2.24, 2.45) is 17.1 Å². The quantitative estimate of drug-likeness (QED) is 0.847. The molecular weight excluding hydrogens is 288 g/mol. The molecular formula is C16H31ClN2O2. The Morgan fingerprint density at radius 1 is 1.38 bits per heavy atom. The van der Waals surface area contributed by atoms with Crippen molar-refractivity contribution < 1.29 is 9.53 Å². The van der Waals surface area contributed by atoms with Crippen molar-refractivity contribution in [2.45, 2.75) is 64.5 Å². The minimum atomic E-state index is -0.0771. The molecule has 2 aliphatic rings. The Balaban J connectivity index is 0.00000220. The molecule has 3 atom stereocenters. The largest absolute Gasteiger partial charge is 0.378 e. The second-order valence-corrected chi connectivity index (χ2v) is 6.58. The van der Waals surface area contributed by atoms with Crippen LogP contribution in [0.1, 0.15) is 52.4 Å². The average molecular weight is 319 g/mol. The number of hydrogen-bond acceptors (Lipinski definition) is 3. The fourth-order valence-corrected chi connectivity index (χ4v) is 4.17. The van der Waals surface area contributed by atoms with Gasteiger partial charge in [0.05, 0.1) is 6.10 Å². The standard InChI is InChI=1S/C16H30N2O2.ClH/c1-4-20-14-10-13(16(14)8-6-5-7-9-16)18(3)15(19)12(2)11-17;/h12-14H,4-11,17H2,1-3H3;1H. The molecule has 2 N–H and O–H groups in total. The van der Waals surface area contributed by atoms with Crippen LogP contribution >= 0.6 is 12.4 Å². The van der Waals surface area contributed by atoms with Gasteiger partial charge in [-0.1, -0.05) is 26.2 Å². The summed E-state index contributed by atoms with van der Waals surface area (Å²) in [7, 11) is 1.96. The van der Waals surface area contributed by atoms with Crippen LogP contribution in [0.5, 0.6) is 0 Å². The van der Waals surface area contributed by atoms with Crippen molar-refractivity contribution in [1.29, 1.82) is 0 Å². The third-order valence-electron chi connectivity index (χ3n) is 5.48. The molecule has 0 aromatic carbocycles. The van der Waals surface area contributed by atoms with Crippen LogP contribution in [0.4, 0.5) is 0 Å². The van der Waals surface area contributed by atoms with Gasteiger partial charge in [0, 0.05) is 37.6 Å². The van der Waals surface area contributed by atoms with Gasteiger partial charge >= 0.3 is 0 Å². The maximum absolute atomic E-state index is 12.4. The van der Waals surface area contributed by atoms with Gasteiger partial charge in [-0.2, -0.15) is 0 Å². The number of hydrogen-bond donors (Lipinski definition) is 1. The van der Waals surface area contributed by atoms with Gasteiger partial charge < -0.3 is 15.4 Å². The molecule has 2 rings (SSSR count). The van der Waals surface area contributed by atoms with Gasteiger partial charge in [-0.05, 0) is 26.2 Å². The van der Waals surface area contributed by atoms with E-state index < -0.39 is 0 Å². The highest BCUT2D eigenvalue weighted by atomic mass is 35.5. The fraction of sp³-hybridized carbons (Fsp3) is 0.938. The first-order chi connectivity index (χ1) is 9.56. The fourth-order valence-electron chi connectivity index (χ4n) is 4.17. The van der Waals surface area contributed by atoms with Gasteiger partial charge in [0.2, 0.25) is 5.91 Å². The Bertz CT molecular complexity index is 345. The zero-order valence-corrected chi connectivity index (χ0v) is 14.5. The van der Waals surface area contributed by atoms with E-state index in [0.29, 0.717) is 18.7 Å². The zero-order valence-electron chi connectivity index (χ0n) is 13.6. The van der Waals surface area contributed by atoms with Gasteiger partial charge in [-0.3, -0.25) is 4.79 Å². The third kappa shape index (κ3) is 3.38. The highest BCUT2D eigenvalue weighted by Gasteiger charge is 2.57. The van der Waals surface area contributed by atoms with Crippen LogP contribution in [-0.4, -0.2) is 43.2 Å². The summed E-state index contributed by atoms with van der Waals surface area (Å²) in [6.45, 7) is 5.19. The minimum absolute atomic E-state index is 0. The molecule has 0 bridgehead atoms. The molecule has 0 heterocycles. The Hall–Kier alpha value is -0.320. The molecule has 1 spiro atoms. The number of nitrogens with two attached hydrogens (primary N) is 1. The Kier molecular flexibility index (Phi) is 6.95. The summed E-state index contributed by atoms with van der Waals surface area (Å²) in [6, 6.07) is 0.348. The number of nitrogens with zero attached hydrogens (tertiary/aromatic N) is 1. The summed E-state index contributed by atoms with van der Waals surface area (Å²) in [5, 5.41) is 0. The lowest BCUT2D eigenvalue weighted by Gasteiger charge is -2.60. The SMILES string of the molecule is CCOC1CC(N(C)C(=O)C(C)CN)C12CCCCC2.Cl. The van der Waals surface area contributed by atoms with Crippen LogP contribution in [-0.2, 0) is 9.53 Å². The molecule has 1 amide bonds. The first kappa shape index (κ1) is 18.7. The van der Waals surface area contributed by atoms with E-state index in [-0.39, 0.29) is 29.6 Å². The minimum Gasteiger partial charge on any atom is -0.378 e. The predicted molar refractivity (Wildman–Crippen MR) is 87.6 cm³/mol. The van der Waals surface area contributed by atoms with E-state index in [1.807, 2.05) is 18.9 Å². The molecule has 2 aliphatic carbocycles. The van der Waals surface area contributed by atoms with E-state index in [0.717, 1.165) is 13.0 Å².